The van der Waals surface area contributed by atoms with Crippen LogP contribution in [-0.2, 0) is 28.9 Å². The topological polar surface area (TPSA) is 118 Å². The van der Waals surface area contributed by atoms with E-state index in [4.69, 9.17) is 14.5 Å². The Kier molecular flexibility index (Phi) is 4.79. The largest absolute Gasteiger partial charge is 0.381 e. The first-order chi connectivity index (χ1) is 14.6. The van der Waals surface area contributed by atoms with Crippen LogP contribution in [0.4, 0.5) is 0 Å². The fourth-order valence-electron chi connectivity index (χ4n) is 5.03. The molecule has 1 spiro atoms. The van der Waals surface area contributed by atoms with Gasteiger partial charge in [-0.2, -0.15) is 4.98 Å². The first-order valence-corrected chi connectivity index (χ1v) is 10.3. The molecule has 30 heavy (non-hydrogen) atoms. The van der Waals surface area contributed by atoms with Crippen LogP contribution >= 0.6 is 0 Å². The van der Waals surface area contributed by atoms with Crippen molar-refractivity contribution in [2.75, 3.05) is 19.8 Å². The number of hydrogen-bond acceptors (Lipinski definition) is 7. The van der Waals surface area contributed by atoms with E-state index in [2.05, 4.69) is 10.1 Å². The fraction of sp³-hybridized carbons (Fsp3) is 0.524. The molecular formula is C21H24N4O5. The van der Waals surface area contributed by atoms with Gasteiger partial charge in [0.25, 0.3) is 5.91 Å². The zero-order valence-electron chi connectivity index (χ0n) is 16.6. The Balaban J connectivity index is 1.30. The van der Waals surface area contributed by atoms with Crippen molar-refractivity contribution in [2.24, 2.45) is 5.41 Å². The molecular weight excluding hydrogens is 388 g/mol. The molecule has 2 N–H and O–H groups in total. The number of hydrogen-bond donors (Lipinski definition) is 2. The lowest BCUT2D eigenvalue weighted by molar-refractivity contribution is -0.136. The van der Waals surface area contributed by atoms with E-state index in [9.17, 15) is 9.59 Å². The van der Waals surface area contributed by atoms with E-state index >= 15 is 0 Å². The number of amides is 2. The summed E-state index contributed by atoms with van der Waals surface area (Å²) in [5, 5.41) is 13.1. The number of nitrogens with one attached hydrogen (secondary N) is 1. The second-order valence-electron chi connectivity index (χ2n) is 8.43. The molecule has 2 aliphatic heterocycles. The standard InChI is InChI=1S/C21H24N4O5/c26-18(23-28)15-3-1-2-14-10-21(11-16(14)15)6-7-25(20(21)27)12-17-22-19(30-24-17)13-4-8-29-9-5-13/h1-3,13,28H,4-12H2,(H,23,26). The van der Waals surface area contributed by atoms with Crippen molar-refractivity contribution in [3.8, 4) is 0 Å². The van der Waals surface area contributed by atoms with Crippen LogP contribution in [0.25, 0.3) is 0 Å². The van der Waals surface area contributed by atoms with E-state index in [1.54, 1.807) is 22.5 Å². The van der Waals surface area contributed by atoms with Gasteiger partial charge in [-0.1, -0.05) is 17.3 Å². The normalized spacial score (nSPS) is 23.9. The number of likely N-dealkylation sites (tertiary alicyclic amines) is 1. The van der Waals surface area contributed by atoms with Gasteiger partial charge in [-0.3, -0.25) is 14.8 Å². The number of hydroxylamine groups is 1. The third-order valence-electron chi connectivity index (χ3n) is 6.65. The van der Waals surface area contributed by atoms with Crippen molar-refractivity contribution in [1.29, 1.82) is 0 Å². The van der Waals surface area contributed by atoms with Gasteiger partial charge < -0.3 is 14.2 Å². The molecule has 0 saturated carbocycles. The molecule has 0 bridgehead atoms. The van der Waals surface area contributed by atoms with Crippen molar-refractivity contribution in [1.82, 2.24) is 20.5 Å². The molecule has 9 heteroatoms. The van der Waals surface area contributed by atoms with Crippen LogP contribution in [0, 0.1) is 5.41 Å². The summed E-state index contributed by atoms with van der Waals surface area (Å²) in [6.07, 6.45) is 3.56. The molecule has 1 aromatic carbocycles. The molecule has 1 unspecified atom stereocenters. The maximum atomic E-state index is 13.3. The minimum atomic E-state index is -0.543. The summed E-state index contributed by atoms with van der Waals surface area (Å²) in [7, 11) is 0. The second kappa shape index (κ2) is 7.48. The lowest BCUT2D eigenvalue weighted by atomic mass is 9.83. The lowest BCUT2D eigenvalue weighted by Crippen LogP contribution is -2.35. The average molecular weight is 412 g/mol. The number of benzene rings is 1. The highest BCUT2D eigenvalue weighted by Gasteiger charge is 2.51. The van der Waals surface area contributed by atoms with E-state index in [1.165, 1.54) is 0 Å². The maximum Gasteiger partial charge on any atom is 0.274 e. The Morgan fingerprint density at radius 2 is 2.13 bits per heavy atom. The van der Waals surface area contributed by atoms with Crippen LogP contribution in [-0.4, -0.2) is 51.8 Å². The van der Waals surface area contributed by atoms with E-state index in [0.29, 0.717) is 62.8 Å². The van der Waals surface area contributed by atoms with Gasteiger partial charge >= 0.3 is 0 Å². The Labute approximate surface area is 173 Å². The van der Waals surface area contributed by atoms with Crippen LogP contribution in [0.5, 0.6) is 0 Å². The Morgan fingerprint density at radius 1 is 1.30 bits per heavy atom. The first-order valence-electron chi connectivity index (χ1n) is 10.3. The van der Waals surface area contributed by atoms with Gasteiger partial charge in [0, 0.05) is 31.2 Å². The second-order valence-corrected chi connectivity index (χ2v) is 8.43. The summed E-state index contributed by atoms with van der Waals surface area (Å²) < 4.78 is 10.8. The number of nitrogens with zero attached hydrogens (tertiary/aromatic N) is 3. The number of fused-ring (bicyclic) bond motifs is 1. The van der Waals surface area contributed by atoms with E-state index in [-0.39, 0.29) is 11.8 Å². The van der Waals surface area contributed by atoms with Crippen LogP contribution in [0.15, 0.2) is 22.7 Å². The third kappa shape index (κ3) is 3.18. The van der Waals surface area contributed by atoms with Crippen molar-refractivity contribution in [2.45, 2.75) is 44.6 Å². The molecule has 1 aromatic heterocycles. The van der Waals surface area contributed by atoms with Gasteiger partial charge in [0.1, 0.15) is 0 Å². The summed E-state index contributed by atoms with van der Waals surface area (Å²) in [6, 6.07) is 5.42. The Bertz CT molecular complexity index is 984. The highest BCUT2D eigenvalue weighted by Crippen LogP contribution is 2.46. The lowest BCUT2D eigenvalue weighted by Gasteiger charge is -2.22. The van der Waals surface area contributed by atoms with Gasteiger partial charge in [0.05, 0.1) is 12.0 Å². The fourth-order valence-corrected chi connectivity index (χ4v) is 5.03. The summed E-state index contributed by atoms with van der Waals surface area (Å²) in [5.41, 5.74) is 3.43. The minimum absolute atomic E-state index is 0.0615. The Morgan fingerprint density at radius 3 is 2.93 bits per heavy atom. The third-order valence-corrected chi connectivity index (χ3v) is 6.65. The molecule has 9 nitrogen and oxygen atoms in total. The quantitative estimate of drug-likeness (QED) is 0.578. The number of aromatic nitrogens is 2. The molecule has 0 radical (unpaired) electrons. The van der Waals surface area contributed by atoms with Gasteiger partial charge in [-0.25, -0.2) is 5.48 Å². The molecule has 2 amide bonds. The monoisotopic (exact) mass is 412 g/mol. The summed E-state index contributed by atoms with van der Waals surface area (Å²) in [6.45, 7) is 2.35. The summed E-state index contributed by atoms with van der Waals surface area (Å²) >= 11 is 0. The molecule has 2 saturated heterocycles. The van der Waals surface area contributed by atoms with E-state index in [0.717, 1.165) is 24.0 Å². The van der Waals surface area contributed by atoms with Gasteiger partial charge in [0.2, 0.25) is 11.8 Å². The van der Waals surface area contributed by atoms with Crippen molar-refractivity contribution < 1.29 is 24.1 Å². The van der Waals surface area contributed by atoms with E-state index < -0.39 is 11.3 Å². The predicted molar refractivity (Wildman–Crippen MR) is 103 cm³/mol. The minimum Gasteiger partial charge on any atom is -0.381 e. The van der Waals surface area contributed by atoms with Crippen LogP contribution in [0.2, 0.25) is 0 Å². The highest BCUT2D eigenvalue weighted by molar-refractivity contribution is 5.96. The maximum absolute atomic E-state index is 13.3. The smallest absolute Gasteiger partial charge is 0.274 e. The highest BCUT2D eigenvalue weighted by atomic mass is 16.5. The van der Waals surface area contributed by atoms with Crippen LogP contribution in [0.1, 0.15) is 58.4 Å². The average Bonchev–Trinajstić information content (AvgIpc) is 3.48. The first kappa shape index (κ1) is 19.2. The molecule has 2 fully saturated rings. The number of ether oxygens (including phenoxy) is 1. The SMILES string of the molecule is O=C(NO)c1cccc2c1CC1(CCN(Cc3noc(C4CCOCC4)n3)C1=O)C2. The van der Waals surface area contributed by atoms with E-state index in [1.807, 2.05) is 6.07 Å². The number of rotatable bonds is 4. The molecule has 2 aromatic rings. The van der Waals surface area contributed by atoms with Gasteiger partial charge in [-0.15, -0.1) is 0 Å². The van der Waals surface area contributed by atoms with Crippen LogP contribution in [0.3, 0.4) is 0 Å². The van der Waals surface area contributed by atoms with Crippen LogP contribution < -0.4 is 5.48 Å². The summed E-state index contributed by atoms with van der Waals surface area (Å²) in [4.78, 5) is 31.7. The zero-order chi connectivity index (χ0) is 20.7. The predicted octanol–water partition coefficient (Wildman–Crippen LogP) is 1.60. The summed E-state index contributed by atoms with van der Waals surface area (Å²) in [5.74, 6) is 0.895. The van der Waals surface area contributed by atoms with Crippen molar-refractivity contribution in [3.05, 3.63) is 46.6 Å². The molecule has 3 heterocycles. The Hall–Kier alpha value is -2.78. The molecule has 158 valence electrons. The number of carbonyl (C=O) groups is 2. The number of carbonyl (C=O) groups excluding carboxylic acids is 2. The molecule has 3 aliphatic rings. The van der Waals surface area contributed by atoms with Gasteiger partial charge in [-0.05, 0) is 49.3 Å². The molecule has 1 atom stereocenters. The molecule has 5 rings (SSSR count). The van der Waals surface area contributed by atoms with Crippen molar-refractivity contribution in [3.63, 3.8) is 0 Å². The van der Waals surface area contributed by atoms with Gasteiger partial charge in [0.15, 0.2) is 5.82 Å². The zero-order valence-corrected chi connectivity index (χ0v) is 16.6. The van der Waals surface area contributed by atoms with Crippen molar-refractivity contribution >= 4 is 11.8 Å². The molecule has 1 aliphatic carbocycles.